The van der Waals surface area contributed by atoms with Gasteiger partial charge in [0.25, 0.3) is 0 Å². The lowest BCUT2D eigenvalue weighted by molar-refractivity contribution is -0.870. The van der Waals surface area contributed by atoms with Gasteiger partial charge in [-0.05, 0) is 83.1 Å². The maximum Gasteiger partial charge on any atom is 0.472 e. The molecule has 0 aromatic heterocycles. The van der Waals surface area contributed by atoms with Crippen LogP contribution in [0.1, 0.15) is 278 Å². The second kappa shape index (κ2) is 51.5. The Kier molecular flexibility index (Phi) is 50.0. The van der Waals surface area contributed by atoms with E-state index in [4.69, 9.17) is 13.8 Å². The minimum atomic E-state index is -4.44. The topological polar surface area (TPSA) is 111 Å². The van der Waals surface area contributed by atoms with Gasteiger partial charge in [-0.15, -0.1) is 0 Å². The van der Waals surface area contributed by atoms with Crippen molar-refractivity contribution >= 4 is 19.7 Å². The first kappa shape index (κ1) is 69.0. The highest BCUT2D eigenvalue weighted by molar-refractivity contribution is 7.47. The van der Waals surface area contributed by atoms with Crippen LogP contribution in [0.25, 0.3) is 0 Å². The summed E-state index contributed by atoms with van der Waals surface area (Å²) >= 11 is 0. The normalized spacial score (nSPS) is 14.1. The predicted molar refractivity (Wildman–Crippen MR) is 305 cm³/mol. The van der Waals surface area contributed by atoms with Crippen LogP contribution in [0.3, 0.4) is 0 Å². The molecule has 0 rings (SSSR count). The molecule has 2 N–H and O–H groups in total. The first-order chi connectivity index (χ1) is 34.4. The van der Waals surface area contributed by atoms with Gasteiger partial charge >= 0.3 is 13.8 Å². The molecule has 3 atom stereocenters. The number of unbranched alkanes of at least 4 members (excludes halogenated alkanes) is 32. The van der Waals surface area contributed by atoms with Crippen molar-refractivity contribution < 1.29 is 37.3 Å². The molecule has 0 aromatic carbocycles. The van der Waals surface area contributed by atoms with Crippen LogP contribution in [0, 0.1) is 0 Å². The monoisotopic (exact) mass is 1020 g/mol. The second-order valence-corrected chi connectivity index (χ2v) is 23.0. The SMILES string of the molecule is CCCC/C=C\CCCCCCCC(=O)NC(COP(=O)(O)OCC[N+](C)(C)C)C(/C=C\CCCCCCCCCCCCC)OC(=O)CCCCCCCCCCCCC/C=C\C/C=C\CCCCC. The first-order valence-electron chi connectivity index (χ1n) is 30.0. The lowest BCUT2D eigenvalue weighted by Gasteiger charge is -2.27. The molecule has 0 aliphatic heterocycles. The highest BCUT2D eigenvalue weighted by Crippen LogP contribution is 2.43. The third-order valence-corrected chi connectivity index (χ3v) is 14.2. The van der Waals surface area contributed by atoms with Gasteiger partial charge in [-0.3, -0.25) is 18.6 Å². The molecule has 9 nitrogen and oxygen atoms in total. The van der Waals surface area contributed by atoms with Gasteiger partial charge in [0.15, 0.2) is 0 Å². The summed E-state index contributed by atoms with van der Waals surface area (Å²) in [7, 11) is 1.49. The van der Waals surface area contributed by atoms with E-state index in [1.54, 1.807) is 0 Å². The number of hydrogen-bond donors (Lipinski definition) is 2. The number of hydrogen-bond acceptors (Lipinski definition) is 6. The maximum absolute atomic E-state index is 13.5. The summed E-state index contributed by atoms with van der Waals surface area (Å²) in [6.07, 6.45) is 62.5. The molecule has 3 unspecified atom stereocenters. The van der Waals surface area contributed by atoms with Crippen molar-refractivity contribution in [2.24, 2.45) is 0 Å². The Morgan fingerprint density at radius 2 is 0.873 bits per heavy atom. The molecule has 10 heteroatoms. The van der Waals surface area contributed by atoms with E-state index in [1.807, 2.05) is 33.3 Å². The minimum absolute atomic E-state index is 0.0387. The summed E-state index contributed by atoms with van der Waals surface area (Å²) in [6.45, 7) is 6.96. The molecule has 0 saturated carbocycles. The van der Waals surface area contributed by atoms with Crippen LogP contribution < -0.4 is 5.32 Å². The van der Waals surface area contributed by atoms with E-state index in [0.29, 0.717) is 17.4 Å². The molecule has 71 heavy (non-hydrogen) atoms. The number of nitrogens with one attached hydrogen (secondary N) is 1. The van der Waals surface area contributed by atoms with Crippen LogP contribution in [-0.2, 0) is 27.9 Å². The van der Waals surface area contributed by atoms with Crippen LogP contribution in [0.4, 0.5) is 0 Å². The average molecular weight is 1020 g/mol. The minimum Gasteiger partial charge on any atom is -0.456 e. The van der Waals surface area contributed by atoms with Gasteiger partial charge in [0.05, 0.1) is 33.8 Å². The van der Waals surface area contributed by atoms with Crippen LogP contribution in [-0.4, -0.2) is 74.3 Å². The number of phosphoric acid groups is 1. The number of allylic oxidation sites excluding steroid dienone is 7. The Balaban J connectivity index is 5.22. The van der Waals surface area contributed by atoms with Crippen LogP contribution in [0.15, 0.2) is 48.6 Å². The van der Waals surface area contributed by atoms with E-state index in [2.05, 4.69) is 62.5 Å². The van der Waals surface area contributed by atoms with Crippen molar-refractivity contribution in [2.45, 2.75) is 290 Å². The molecule has 0 saturated heterocycles. The Bertz CT molecular complexity index is 1360. The van der Waals surface area contributed by atoms with E-state index in [-0.39, 0.29) is 31.5 Å². The van der Waals surface area contributed by atoms with Crippen molar-refractivity contribution in [3.8, 4) is 0 Å². The van der Waals surface area contributed by atoms with Crippen molar-refractivity contribution in [3.05, 3.63) is 48.6 Å². The van der Waals surface area contributed by atoms with Crippen LogP contribution in [0.2, 0.25) is 0 Å². The van der Waals surface area contributed by atoms with Crippen molar-refractivity contribution in [3.63, 3.8) is 0 Å². The lowest BCUT2D eigenvalue weighted by atomic mass is 10.0. The Labute approximate surface area is 439 Å². The van der Waals surface area contributed by atoms with Gasteiger partial charge in [-0.2, -0.15) is 0 Å². The second-order valence-electron chi connectivity index (χ2n) is 21.5. The molecule has 0 radical (unpaired) electrons. The average Bonchev–Trinajstić information content (AvgIpc) is 3.33. The standard InChI is InChI=1S/C61H115N2O7P/c1-7-10-13-16-19-22-25-27-28-29-30-31-32-33-34-36-39-42-45-48-51-54-61(65)70-59(52-49-46-43-40-38-35-26-23-20-17-14-11-8-2)58(57-69-71(66,67)68-56-55-63(4,5)6)62-60(64)53-50-47-44-41-37-24-21-18-15-12-9-3/h18-19,21-22,27-28,49,52,58-59H,7-17,20,23-26,29-48,50-51,53-57H2,1-6H3,(H-,62,64,66,67)/p+1/b21-18-,22-19-,28-27-,52-49-. The smallest absolute Gasteiger partial charge is 0.456 e. The fraction of sp³-hybridized carbons (Fsp3) is 0.836. The Morgan fingerprint density at radius 1 is 0.493 bits per heavy atom. The van der Waals surface area contributed by atoms with Gasteiger partial charge in [-0.25, -0.2) is 4.57 Å². The quantitative estimate of drug-likeness (QED) is 0.0205. The highest BCUT2D eigenvalue weighted by atomic mass is 31.2. The number of carbonyl (C=O) groups is 2. The third-order valence-electron chi connectivity index (χ3n) is 13.2. The summed E-state index contributed by atoms with van der Waals surface area (Å²) in [5.41, 5.74) is 0. The zero-order valence-electron chi connectivity index (χ0n) is 47.5. The zero-order valence-corrected chi connectivity index (χ0v) is 48.4. The van der Waals surface area contributed by atoms with E-state index in [9.17, 15) is 19.0 Å². The van der Waals surface area contributed by atoms with E-state index >= 15 is 0 Å². The van der Waals surface area contributed by atoms with E-state index in [0.717, 1.165) is 89.9 Å². The third kappa shape index (κ3) is 52.6. The van der Waals surface area contributed by atoms with Gasteiger partial charge in [0, 0.05) is 12.8 Å². The molecule has 0 aromatic rings. The Morgan fingerprint density at radius 3 is 1.35 bits per heavy atom. The molecule has 0 bridgehead atoms. The lowest BCUT2D eigenvalue weighted by Crippen LogP contribution is -2.47. The fourth-order valence-electron chi connectivity index (χ4n) is 8.54. The number of carbonyl (C=O) groups excluding carboxylic acids is 2. The fourth-order valence-corrected chi connectivity index (χ4v) is 9.28. The molecule has 0 fully saturated rings. The summed E-state index contributed by atoms with van der Waals surface area (Å²) < 4.78 is 30.6. The number of amides is 1. The van der Waals surface area contributed by atoms with Gasteiger partial charge in [-0.1, -0.05) is 230 Å². The number of nitrogens with zero attached hydrogens (tertiary/aromatic N) is 1. The zero-order chi connectivity index (χ0) is 52.2. The predicted octanol–water partition coefficient (Wildman–Crippen LogP) is 18.1. The van der Waals surface area contributed by atoms with Crippen molar-refractivity contribution in [1.29, 1.82) is 0 Å². The van der Waals surface area contributed by atoms with Crippen molar-refractivity contribution in [1.82, 2.24) is 5.32 Å². The highest BCUT2D eigenvalue weighted by Gasteiger charge is 2.30. The molecule has 416 valence electrons. The van der Waals surface area contributed by atoms with Crippen LogP contribution in [0.5, 0.6) is 0 Å². The van der Waals surface area contributed by atoms with E-state index < -0.39 is 20.0 Å². The summed E-state index contributed by atoms with van der Waals surface area (Å²) in [5.74, 6) is -0.513. The summed E-state index contributed by atoms with van der Waals surface area (Å²) in [4.78, 5) is 37.6. The van der Waals surface area contributed by atoms with Gasteiger partial charge in [0.1, 0.15) is 19.3 Å². The number of quaternary nitrogens is 1. The molecule has 0 heterocycles. The number of esters is 1. The number of rotatable bonds is 54. The summed E-state index contributed by atoms with van der Waals surface area (Å²) in [6, 6.07) is -0.851. The molecular formula is C61H116N2O7P+. The molecule has 0 aliphatic carbocycles. The number of phosphoric ester groups is 1. The largest absolute Gasteiger partial charge is 0.472 e. The Hall–Kier alpha value is -2.03. The molecule has 0 spiro atoms. The van der Waals surface area contributed by atoms with Gasteiger partial charge in [0.2, 0.25) is 5.91 Å². The van der Waals surface area contributed by atoms with Crippen LogP contribution >= 0.6 is 7.82 Å². The number of likely N-dealkylation sites (N-methyl/N-ethyl adjacent to an activating group) is 1. The maximum atomic E-state index is 13.5. The first-order valence-corrected chi connectivity index (χ1v) is 31.5. The van der Waals surface area contributed by atoms with E-state index in [1.165, 1.54) is 154 Å². The molecule has 0 aliphatic rings. The van der Waals surface area contributed by atoms with Crippen molar-refractivity contribution in [2.75, 3.05) is 40.9 Å². The summed E-state index contributed by atoms with van der Waals surface area (Å²) in [5, 5.41) is 3.04. The number of ether oxygens (including phenoxy) is 1. The van der Waals surface area contributed by atoms with Gasteiger partial charge < -0.3 is 19.4 Å². The molecular weight excluding hydrogens is 904 g/mol. The molecule has 1 amide bonds.